The molecule has 0 spiro atoms. The fourth-order valence-electron chi connectivity index (χ4n) is 3.56. The van der Waals surface area contributed by atoms with Crippen LogP contribution in [0.1, 0.15) is 52.7 Å². The Balaban J connectivity index is 2.40. The van der Waals surface area contributed by atoms with E-state index in [0.29, 0.717) is 10.7 Å². The van der Waals surface area contributed by atoms with Crippen LogP contribution in [0.4, 0.5) is 5.69 Å². The van der Waals surface area contributed by atoms with Gasteiger partial charge >= 0.3 is 0 Å². The standard InChI is InChI=1S/C26H36ClN3O4S/c1-18(2)28-25(32)19(3)29(16-20-9-8-10-22(27)15-20)24(31)17-30(35(7,33)34)23-13-11-21(12-14-23)26(4,5)6/h8-15,18-19H,16-17H2,1-7H3,(H,28,32)/t19-/m0/s1. The van der Waals surface area contributed by atoms with Crippen molar-refractivity contribution in [1.82, 2.24) is 10.2 Å². The van der Waals surface area contributed by atoms with Crippen LogP contribution < -0.4 is 9.62 Å². The predicted octanol–water partition coefficient (Wildman–Crippen LogP) is 4.35. The fraction of sp³-hybridized carbons (Fsp3) is 0.462. The minimum atomic E-state index is -3.78. The molecule has 1 atom stereocenters. The largest absolute Gasteiger partial charge is 0.352 e. The summed E-state index contributed by atoms with van der Waals surface area (Å²) >= 11 is 6.12. The zero-order valence-corrected chi connectivity index (χ0v) is 23.1. The number of hydrogen-bond acceptors (Lipinski definition) is 4. The van der Waals surface area contributed by atoms with E-state index in [2.05, 4.69) is 26.1 Å². The number of rotatable bonds is 9. The molecule has 0 fully saturated rings. The Kier molecular flexibility index (Phi) is 9.36. The molecule has 7 nitrogen and oxygen atoms in total. The lowest BCUT2D eigenvalue weighted by atomic mass is 9.87. The maximum Gasteiger partial charge on any atom is 0.244 e. The number of carbonyl (C=O) groups is 2. The number of sulfonamides is 1. The van der Waals surface area contributed by atoms with Gasteiger partial charge in [-0.2, -0.15) is 0 Å². The van der Waals surface area contributed by atoms with Gasteiger partial charge in [0, 0.05) is 17.6 Å². The van der Waals surface area contributed by atoms with Gasteiger partial charge in [0.05, 0.1) is 11.9 Å². The highest BCUT2D eigenvalue weighted by atomic mass is 35.5. The Bertz CT molecular complexity index is 1140. The number of hydrogen-bond donors (Lipinski definition) is 1. The first-order valence-corrected chi connectivity index (χ1v) is 13.7. The molecule has 2 rings (SSSR count). The maximum absolute atomic E-state index is 13.5. The second kappa shape index (κ2) is 11.4. The van der Waals surface area contributed by atoms with E-state index < -0.39 is 28.5 Å². The van der Waals surface area contributed by atoms with Gasteiger partial charge < -0.3 is 10.2 Å². The second-order valence-electron chi connectivity index (χ2n) is 10.1. The minimum Gasteiger partial charge on any atom is -0.352 e. The molecule has 1 N–H and O–H groups in total. The first-order chi connectivity index (χ1) is 16.1. The molecule has 0 aliphatic carbocycles. The molecule has 35 heavy (non-hydrogen) atoms. The predicted molar refractivity (Wildman–Crippen MR) is 142 cm³/mol. The molecule has 0 radical (unpaired) electrons. The number of carbonyl (C=O) groups excluding carboxylic acids is 2. The topological polar surface area (TPSA) is 86.8 Å². The van der Waals surface area contributed by atoms with Gasteiger partial charge in [0.15, 0.2) is 0 Å². The summed E-state index contributed by atoms with van der Waals surface area (Å²) in [6.07, 6.45) is 1.06. The molecule has 0 saturated carbocycles. The van der Waals surface area contributed by atoms with Crippen molar-refractivity contribution in [2.75, 3.05) is 17.1 Å². The van der Waals surface area contributed by atoms with Crippen LogP contribution in [-0.2, 0) is 31.6 Å². The Morgan fingerprint density at radius 2 is 1.63 bits per heavy atom. The van der Waals surface area contributed by atoms with E-state index in [1.807, 2.05) is 26.0 Å². The number of nitrogens with one attached hydrogen (secondary N) is 1. The maximum atomic E-state index is 13.5. The van der Waals surface area contributed by atoms with Crippen LogP contribution in [0.25, 0.3) is 0 Å². The van der Waals surface area contributed by atoms with E-state index in [4.69, 9.17) is 11.6 Å². The number of halogens is 1. The van der Waals surface area contributed by atoms with Gasteiger partial charge in [0.2, 0.25) is 21.8 Å². The van der Waals surface area contributed by atoms with Crippen molar-refractivity contribution in [3.63, 3.8) is 0 Å². The molecule has 0 aliphatic rings. The third-order valence-corrected chi connectivity index (χ3v) is 6.92. The van der Waals surface area contributed by atoms with Crippen LogP contribution >= 0.6 is 11.6 Å². The average molecular weight is 522 g/mol. The Hall–Kier alpha value is -2.58. The zero-order valence-electron chi connectivity index (χ0n) is 21.5. The molecule has 192 valence electrons. The fourth-order valence-corrected chi connectivity index (χ4v) is 4.62. The molecule has 0 unspecified atom stereocenters. The lowest BCUT2D eigenvalue weighted by molar-refractivity contribution is -0.139. The normalized spacial score (nSPS) is 12.8. The van der Waals surface area contributed by atoms with Crippen molar-refractivity contribution in [2.24, 2.45) is 0 Å². The SMILES string of the molecule is CC(C)NC(=O)[C@H](C)N(Cc1cccc(Cl)c1)C(=O)CN(c1ccc(C(C)(C)C)cc1)S(C)(=O)=O. The minimum absolute atomic E-state index is 0.1000. The molecule has 0 aromatic heterocycles. The third-order valence-electron chi connectivity index (χ3n) is 5.54. The van der Waals surface area contributed by atoms with E-state index in [-0.39, 0.29) is 23.9 Å². The molecule has 0 aliphatic heterocycles. The number of amides is 2. The second-order valence-corrected chi connectivity index (χ2v) is 12.4. The summed E-state index contributed by atoms with van der Waals surface area (Å²) in [5.41, 5.74) is 2.06. The molecular weight excluding hydrogens is 486 g/mol. The summed E-state index contributed by atoms with van der Waals surface area (Å²) in [5.74, 6) is -0.822. The van der Waals surface area contributed by atoms with Gasteiger partial charge in [-0.15, -0.1) is 0 Å². The molecule has 2 amide bonds. The van der Waals surface area contributed by atoms with Crippen LogP contribution in [0, 0.1) is 0 Å². The highest BCUT2D eigenvalue weighted by molar-refractivity contribution is 7.92. The molecule has 2 aromatic carbocycles. The summed E-state index contributed by atoms with van der Waals surface area (Å²) in [4.78, 5) is 27.7. The highest BCUT2D eigenvalue weighted by Gasteiger charge is 2.30. The third kappa shape index (κ3) is 8.25. The quantitative estimate of drug-likeness (QED) is 0.531. The van der Waals surface area contributed by atoms with E-state index in [1.165, 1.54) is 4.90 Å². The summed E-state index contributed by atoms with van der Waals surface area (Å²) in [6, 6.07) is 13.2. The summed E-state index contributed by atoms with van der Waals surface area (Å²) in [5, 5.41) is 3.33. The van der Waals surface area contributed by atoms with Gasteiger partial charge in [-0.3, -0.25) is 13.9 Å². The number of nitrogens with zero attached hydrogens (tertiary/aromatic N) is 2. The average Bonchev–Trinajstić information content (AvgIpc) is 2.73. The Morgan fingerprint density at radius 3 is 2.11 bits per heavy atom. The van der Waals surface area contributed by atoms with Crippen LogP contribution in [0.3, 0.4) is 0 Å². The van der Waals surface area contributed by atoms with E-state index in [0.717, 1.165) is 21.7 Å². The van der Waals surface area contributed by atoms with E-state index in [1.54, 1.807) is 43.3 Å². The highest BCUT2D eigenvalue weighted by Crippen LogP contribution is 2.26. The zero-order chi connectivity index (χ0) is 26.6. The molecule has 0 heterocycles. The van der Waals surface area contributed by atoms with Crippen molar-refractivity contribution in [1.29, 1.82) is 0 Å². The molecule has 0 bridgehead atoms. The number of anilines is 1. The monoisotopic (exact) mass is 521 g/mol. The van der Waals surface area contributed by atoms with Gasteiger partial charge in [0.25, 0.3) is 0 Å². The van der Waals surface area contributed by atoms with E-state index in [9.17, 15) is 18.0 Å². The van der Waals surface area contributed by atoms with Crippen LogP contribution in [0.5, 0.6) is 0 Å². The Labute approximate surface area is 214 Å². The first-order valence-electron chi connectivity index (χ1n) is 11.5. The number of benzene rings is 2. The van der Waals surface area contributed by atoms with Gasteiger partial charge in [-0.05, 0) is 61.6 Å². The van der Waals surface area contributed by atoms with Crippen molar-refractivity contribution in [3.05, 3.63) is 64.7 Å². The first kappa shape index (κ1) is 28.7. The lowest BCUT2D eigenvalue weighted by Crippen LogP contribution is -2.52. The summed E-state index contributed by atoms with van der Waals surface area (Å²) < 4.78 is 26.4. The summed E-state index contributed by atoms with van der Waals surface area (Å²) in [7, 11) is -3.78. The smallest absolute Gasteiger partial charge is 0.244 e. The van der Waals surface area contributed by atoms with Crippen LogP contribution in [-0.4, -0.2) is 50.0 Å². The van der Waals surface area contributed by atoms with Crippen molar-refractivity contribution < 1.29 is 18.0 Å². The molecule has 2 aromatic rings. The molecular formula is C26H36ClN3O4S. The van der Waals surface area contributed by atoms with E-state index >= 15 is 0 Å². The van der Waals surface area contributed by atoms with Gasteiger partial charge in [-0.1, -0.05) is 56.6 Å². The molecule has 0 saturated heterocycles. The van der Waals surface area contributed by atoms with Crippen LogP contribution in [0.15, 0.2) is 48.5 Å². The molecule has 9 heteroatoms. The lowest BCUT2D eigenvalue weighted by Gasteiger charge is -2.32. The van der Waals surface area contributed by atoms with Crippen LogP contribution in [0.2, 0.25) is 5.02 Å². The van der Waals surface area contributed by atoms with Crippen molar-refractivity contribution >= 4 is 39.1 Å². The van der Waals surface area contributed by atoms with Crippen molar-refractivity contribution in [2.45, 2.75) is 65.6 Å². The van der Waals surface area contributed by atoms with Gasteiger partial charge in [-0.25, -0.2) is 8.42 Å². The van der Waals surface area contributed by atoms with Gasteiger partial charge in [0.1, 0.15) is 12.6 Å². The summed E-state index contributed by atoms with van der Waals surface area (Å²) in [6.45, 7) is 11.2. The Morgan fingerprint density at radius 1 is 1.03 bits per heavy atom. The van der Waals surface area contributed by atoms with Crippen molar-refractivity contribution in [3.8, 4) is 0 Å².